The molecule has 0 aliphatic carbocycles. The first-order valence-electron chi connectivity index (χ1n) is 6.60. The quantitative estimate of drug-likeness (QED) is 0.839. The Morgan fingerprint density at radius 3 is 2.43 bits per heavy atom. The predicted octanol–water partition coefficient (Wildman–Crippen LogP) is 2.14. The monoisotopic (exact) mass is 317 g/mol. The van der Waals surface area contributed by atoms with E-state index < -0.39 is 28.9 Å². The molecule has 0 amide bonds. The van der Waals surface area contributed by atoms with Crippen LogP contribution in [0.3, 0.4) is 0 Å². The van der Waals surface area contributed by atoms with Gasteiger partial charge in [0.15, 0.2) is 11.6 Å². The van der Waals surface area contributed by atoms with Crippen molar-refractivity contribution in [3.05, 3.63) is 28.8 Å². The highest BCUT2D eigenvalue weighted by Crippen LogP contribution is 2.32. The molecule has 1 aromatic rings. The maximum Gasteiger partial charge on any atom is 0.219 e. The van der Waals surface area contributed by atoms with Crippen LogP contribution in [0.4, 0.5) is 14.5 Å². The third-order valence-corrected chi connectivity index (χ3v) is 3.64. The van der Waals surface area contributed by atoms with Crippen LogP contribution in [0.1, 0.15) is 29.8 Å². The first-order chi connectivity index (χ1) is 9.85. The van der Waals surface area contributed by atoms with Crippen LogP contribution >= 0.6 is 12.6 Å². The van der Waals surface area contributed by atoms with Crippen molar-refractivity contribution >= 4 is 23.4 Å². The molecule has 2 rings (SSSR count). The lowest BCUT2D eigenvalue weighted by Crippen LogP contribution is -2.46. The highest BCUT2D eigenvalue weighted by Gasteiger charge is 2.29. The molecule has 7 heteroatoms. The van der Waals surface area contributed by atoms with Crippen molar-refractivity contribution in [2.45, 2.75) is 32.7 Å². The number of carbonyl (C=O) groups excluding carboxylic acids is 1. The second-order valence-electron chi connectivity index (χ2n) is 5.19. The number of nitrogens with zero attached hydrogens (tertiary/aromatic N) is 1. The van der Waals surface area contributed by atoms with Crippen LogP contribution in [-0.2, 0) is 11.3 Å². The molecule has 0 spiro atoms. The molecule has 1 N–H and O–H groups in total. The van der Waals surface area contributed by atoms with Crippen molar-refractivity contribution in [3.8, 4) is 0 Å². The molecule has 21 heavy (non-hydrogen) atoms. The number of aliphatic hydroxyl groups excluding tert-OH is 1. The van der Waals surface area contributed by atoms with Gasteiger partial charge < -0.3 is 14.7 Å². The highest BCUT2D eigenvalue weighted by atomic mass is 32.1. The first-order valence-corrected chi connectivity index (χ1v) is 7.05. The van der Waals surface area contributed by atoms with E-state index in [2.05, 4.69) is 12.6 Å². The van der Waals surface area contributed by atoms with Crippen molar-refractivity contribution in [2.24, 2.45) is 0 Å². The van der Waals surface area contributed by atoms with E-state index in [9.17, 15) is 18.7 Å². The second kappa shape index (κ2) is 6.29. The van der Waals surface area contributed by atoms with Gasteiger partial charge in [-0.05, 0) is 19.9 Å². The minimum atomic E-state index is -1.24. The average molecular weight is 317 g/mol. The lowest BCUT2D eigenvalue weighted by molar-refractivity contribution is -0.00554. The van der Waals surface area contributed by atoms with Gasteiger partial charge in [0.05, 0.1) is 30.1 Å². The summed E-state index contributed by atoms with van der Waals surface area (Å²) < 4.78 is 33.9. The summed E-state index contributed by atoms with van der Waals surface area (Å²) >= 11 is 3.52. The number of rotatable bonds is 3. The molecule has 0 saturated carbocycles. The molecule has 1 aliphatic rings. The third kappa shape index (κ3) is 3.20. The number of halogens is 2. The van der Waals surface area contributed by atoms with Crippen LogP contribution in [-0.4, -0.2) is 35.5 Å². The molecular weight excluding hydrogens is 300 g/mol. The SMILES string of the molecule is CC1CN(c2c(CO)cc(C(=O)S)c(F)c2F)CC(C)O1. The molecule has 1 aliphatic heterocycles. The Balaban J connectivity index is 2.52. The molecule has 116 valence electrons. The van der Waals surface area contributed by atoms with Crippen LogP contribution in [0, 0.1) is 11.6 Å². The average Bonchev–Trinajstić information content (AvgIpc) is 2.39. The van der Waals surface area contributed by atoms with E-state index in [0.29, 0.717) is 13.1 Å². The summed E-state index contributed by atoms with van der Waals surface area (Å²) in [5, 5.41) is 8.54. The fraction of sp³-hybridized carbons (Fsp3) is 0.500. The molecule has 2 atom stereocenters. The Hall–Kier alpha value is -1.18. The third-order valence-electron chi connectivity index (χ3n) is 3.40. The molecule has 4 nitrogen and oxygen atoms in total. The van der Waals surface area contributed by atoms with Gasteiger partial charge >= 0.3 is 0 Å². The number of thiol groups is 1. The van der Waals surface area contributed by atoms with E-state index in [1.165, 1.54) is 0 Å². The molecule has 1 aromatic carbocycles. The van der Waals surface area contributed by atoms with Crippen LogP contribution in [0.15, 0.2) is 6.07 Å². The predicted molar refractivity (Wildman–Crippen MR) is 77.8 cm³/mol. The smallest absolute Gasteiger partial charge is 0.219 e. The topological polar surface area (TPSA) is 49.8 Å². The number of ether oxygens (including phenoxy) is 1. The number of hydrogen-bond acceptors (Lipinski definition) is 4. The number of morpholine rings is 1. The fourth-order valence-corrected chi connectivity index (χ4v) is 2.81. The van der Waals surface area contributed by atoms with Crippen molar-refractivity contribution in [1.29, 1.82) is 0 Å². The Morgan fingerprint density at radius 2 is 1.95 bits per heavy atom. The fourth-order valence-electron chi connectivity index (χ4n) is 2.65. The van der Waals surface area contributed by atoms with Gasteiger partial charge in [0.1, 0.15) is 0 Å². The molecule has 0 aromatic heterocycles. The molecule has 1 heterocycles. The summed E-state index contributed by atoms with van der Waals surface area (Å²) in [4.78, 5) is 12.9. The molecular formula is C14H17F2NO3S. The van der Waals surface area contributed by atoms with Gasteiger partial charge in [0.25, 0.3) is 0 Å². The molecule has 1 saturated heterocycles. The normalized spacial score (nSPS) is 22.5. The Kier molecular flexibility index (Phi) is 4.85. The van der Waals surface area contributed by atoms with E-state index in [1.54, 1.807) is 4.90 Å². The zero-order chi connectivity index (χ0) is 15.7. The summed E-state index contributed by atoms with van der Waals surface area (Å²) in [6, 6.07) is 1.15. The standard InChI is InChI=1S/C14H17F2NO3S/c1-7-4-17(5-8(2)20-7)13-9(6-18)3-10(14(19)21)11(15)12(13)16/h3,7-8,18H,4-6H2,1-2H3,(H,19,21). The minimum Gasteiger partial charge on any atom is -0.392 e. The summed E-state index contributed by atoms with van der Waals surface area (Å²) in [6.45, 7) is 3.92. The van der Waals surface area contributed by atoms with Crippen LogP contribution < -0.4 is 4.90 Å². The molecule has 2 unspecified atom stereocenters. The van der Waals surface area contributed by atoms with Gasteiger partial charge in [-0.15, -0.1) is 12.6 Å². The maximum absolute atomic E-state index is 14.4. The van der Waals surface area contributed by atoms with Crippen molar-refractivity contribution in [2.75, 3.05) is 18.0 Å². The van der Waals surface area contributed by atoms with Gasteiger partial charge in [-0.1, -0.05) is 0 Å². The molecule has 0 radical (unpaired) electrons. The summed E-state index contributed by atoms with van der Waals surface area (Å²) in [7, 11) is 0. The van der Waals surface area contributed by atoms with E-state index in [4.69, 9.17) is 4.74 Å². The largest absolute Gasteiger partial charge is 0.392 e. The minimum absolute atomic E-state index is 0.0182. The maximum atomic E-state index is 14.4. The van der Waals surface area contributed by atoms with Gasteiger partial charge in [0, 0.05) is 18.7 Å². The Bertz CT molecular complexity index is 558. The summed E-state index contributed by atoms with van der Waals surface area (Å²) in [5.41, 5.74) is -0.332. The van der Waals surface area contributed by atoms with Crippen LogP contribution in [0.5, 0.6) is 0 Å². The summed E-state index contributed by atoms with van der Waals surface area (Å²) in [5.74, 6) is -2.38. The van der Waals surface area contributed by atoms with Crippen molar-refractivity contribution in [3.63, 3.8) is 0 Å². The lowest BCUT2D eigenvalue weighted by atomic mass is 10.1. The first kappa shape index (κ1) is 16.2. The number of benzene rings is 1. The van der Waals surface area contributed by atoms with E-state index in [0.717, 1.165) is 6.07 Å². The second-order valence-corrected chi connectivity index (χ2v) is 5.59. The Labute approximate surface area is 127 Å². The zero-order valence-electron chi connectivity index (χ0n) is 11.8. The van der Waals surface area contributed by atoms with Gasteiger partial charge in [-0.25, -0.2) is 8.78 Å². The summed E-state index contributed by atoms with van der Waals surface area (Å²) in [6.07, 6.45) is -0.289. The Morgan fingerprint density at radius 1 is 1.38 bits per heavy atom. The van der Waals surface area contributed by atoms with Crippen LogP contribution in [0.2, 0.25) is 0 Å². The van der Waals surface area contributed by atoms with Crippen molar-refractivity contribution in [1.82, 2.24) is 0 Å². The zero-order valence-corrected chi connectivity index (χ0v) is 12.7. The molecule has 0 bridgehead atoms. The van der Waals surface area contributed by atoms with E-state index >= 15 is 0 Å². The van der Waals surface area contributed by atoms with Gasteiger partial charge in [0.2, 0.25) is 5.12 Å². The molecule has 1 fully saturated rings. The van der Waals surface area contributed by atoms with Crippen molar-refractivity contribution < 1.29 is 23.4 Å². The van der Waals surface area contributed by atoms with Gasteiger partial charge in [-0.2, -0.15) is 0 Å². The van der Waals surface area contributed by atoms with E-state index in [1.807, 2.05) is 13.8 Å². The lowest BCUT2D eigenvalue weighted by Gasteiger charge is -2.38. The number of carbonyl (C=O) groups is 1. The number of hydrogen-bond donors (Lipinski definition) is 2. The highest BCUT2D eigenvalue weighted by molar-refractivity contribution is 7.97. The van der Waals surface area contributed by atoms with E-state index in [-0.39, 0.29) is 23.5 Å². The number of aliphatic hydroxyl groups is 1. The van der Waals surface area contributed by atoms with Gasteiger partial charge in [-0.3, -0.25) is 4.79 Å². The number of anilines is 1. The van der Waals surface area contributed by atoms with Crippen LogP contribution in [0.25, 0.3) is 0 Å².